The third-order valence-corrected chi connectivity index (χ3v) is 5.48. The summed E-state index contributed by atoms with van der Waals surface area (Å²) in [7, 11) is 1.62. The van der Waals surface area contributed by atoms with Crippen LogP contribution in [-0.2, 0) is 11.2 Å². The summed E-state index contributed by atoms with van der Waals surface area (Å²) in [6, 6.07) is 21.0. The number of nitrogens with zero attached hydrogens (tertiary/aromatic N) is 2. The highest BCUT2D eigenvalue weighted by atomic mass is 19.1. The van der Waals surface area contributed by atoms with Gasteiger partial charge in [0.15, 0.2) is 0 Å². The zero-order valence-corrected chi connectivity index (χ0v) is 19.3. The van der Waals surface area contributed by atoms with Gasteiger partial charge < -0.3 is 14.8 Å². The molecule has 0 spiro atoms. The van der Waals surface area contributed by atoms with Crippen molar-refractivity contribution in [3.8, 4) is 23.1 Å². The zero-order valence-electron chi connectivity index (χ0n) is 19.3. The number of ether oxygens (including phenoxy) is 2. The minimum Gasteiger partial charge on any atom is -0.497 e. The van der Waals surface area contributed by atoms with Crippen LogP contribution >= 0.6 is 0 Å². The van der Waals surface area contributed by atoms with Crippen molar-refractivity contribution < 1.29 is 18.7 Å². The molecule has 1 N–H and O–H groups in total. The highest BCUT2D eigenvalue weighted by Crippen LogP contribution is 2.33. The molecule has 174 valence electrons. The predicted octanol–water partition coefficient (Wildman–Crippen LogP) is 6.00. The van der Waals surface area contributed by atoms with Crippen LogP contribution in [0.3, 0.4) is 0 Å². The molecule has 1 heterocycles. The van der Waals surface area contributed by atoms with E-state index in [9.17, 15) is 9.18 Å². The van der Waals surface area contributed by atoms with Crippen molar-refractivity contribution in [3.05, 3.63) is 95.4 Å². The van der Waals surface area contributed by atoms with Gasteiger partial charge in [0, 0.05) is 17.7 Å². The summed E-state index contributed by atoms with van der Waals surface area (Å²) in [4.78, 5) is 12.6. The first-order chi connectivity index (χ1) is 16.4. The number of hydrogen-bond acceptors (Lipinski definition) is 4. The lowest BCUT2D eigenvalue weighted by molar-refractivity contribution is -0.116. The number of carbonyl (C=O) groups excluding carboxylic acids is 1. The normalized spacial score (nSPS) is 10.7. The monoisotopic (exact) mass is 459 g/mol. The Morgan fingerprint density at radius 1 is 1.00 bits per heavy atom. The second kappa shape index (κ2) is 10.2. The fourth-order valence-electron chi connectivity index (χ4n) is 3.60. The van der Waals surface area contributed by atoms with E-state index in [-0.39, 0.29) is 18.1 Å². The first-order valence-electron chi connectivity index (χ1n) is 11.0. The number of nitrogens with one attached hydrogen (secondary N) is 1. The van der Waals surface area contributed by atoms with Gasteiger partial charge in [0.1, 0.15) is 17.3 Å². The molecular weight excluding hydrogens is 433 g/mol. The molecule has 0 saturated carbocycles. The molecule has 0 bridgehead atoms. The number of anilines is 1. The van der Waals surface area contributed by atoms with Crippen LogP contribution < -0.4 is 14.8 Å². The molecule has 0 aliphatic heterocycles. The van der Waals surface area contributed by atoms with Crippen molar-refractivity contribution in [2.24, 2.45) is 0 Å². The summed E-state index contributed by atoms with van der Waals surface area (Å²) in [6.45, 7) is 3.88. The summed E-state index contributed by atoms with van der Waals surface area (Å²) < 4.78 is 26.5. The number of aryl methyl sites for hydroxylation is 2. The van der Waals surface area contributed by atoms with Crippen molar-refractivity contribution in [1.29, 1.82) is 0 Å². The second-order valence-corrected chi connectivity index (χ2v) is 7.90. The lowest BCUT2D eigenvalue weighted by atomic mass is 10.1. The van der Waals surface area contributed by atoms with Crippen LogP contribution in [0.1, 0.15) is 23.2 Å². The SMILES string of the molecule is COc1ccc(-n2nc(C)c(CCC(=O)Nc3ccc(F)cc3)c2Oc2ccccc2C)cc1. The number of amides is 1. The molecule has 0 saturated heterocycles. The van der Waals surface area contributed by atoms with Gasteiger partial charge in [-0.3, -0.25) is 4.79 Å². The number of halogens is 1. The quantitative estimate of drug-likeness (QED) is 0.351. The van der Waals surface area contributed by atoms with E-state index in [1.165, 1.54) is 24.3 Å². The standard InChI is InChI=1S/C27H26FN3O3/c1-18-6-4-5-7-25(18)34-27-24(16-17-26(32)29-21-10-8-20(28)9-11-21)19(2)30-31(27)22-12-14-23(33-3)15-13-22/h4-15H,16-17H2,1-3H3,(H,29,32). The Hall–Kier alpha value is -4.13. The van der Waals surface area contributed by atoms with E-state index in [1.807, 2.05) is 62.4 Å². The number of rotatable bonds is 8. The van der Waals surface area contributed by atoms with Gasteiger partial charge in [-0.25, -0.2) is 9.07 Å². The van der Waals surface area contributed by atoms with Crippen LogP contribution in [0.2, 0.25) is 0 Å². The predicted molar refractivity (Wildman–Crippen MR) is 129 cm³/mol. The molecular formula is C27H26FN3O3. The van der Waals surface area contributed by atoms with Crippen molar-refractivity contribution in [2.45, 2.75) is 26.7 Å². The summed E-state index contributed by atoms with van der Waals surface area (Å²) in [5.41, 5.74) is 3.97. The number of aromatic nitrogens is 2. The van der Waals surface area contributed by atoms with E-state index < -0.39 is 0 Å². The summed E-state index contributed by atoms with van der Waals surface area (Å²) in [5, 5.41) is 7.51. The maximum atomic E-state index is 13.1. The highest BCUT2D eigenvalue weighted by Gasteiger charge is 2.20. The molecule has 4 aromatic rings. The average Bonchev–Trinajstić information content (AvgIpc) is 3.15. The zero-order chi connectivity index (χ0) is 24.1. The Labute approximate surface area is 198 Å². The lowest BCUT2D eigenvalue weighted by Crippen LogP contribution is -2.12. The number of benzene rings is 3. The highest BCUT2D eigenvalue weighted by molar-refractivity contribution is 5.90. The molecule has 0 aliphatic rings. The molecule has 1 aromatic heterocycles. The molecule has 0 radical (unpaired) electrons. The number of para-hydroxylation sites is 1. The Balaban J connectivity index is 1.62. The van der Waals surface area contributed by atoms with Crippen molar-refractivity contribution >= 4 is 11.6 Å². The van der Waals surface area contributed by atoms with Crippen molar-refractivity contribution in [2.75, 3.05) is 12.4 Å². The van der Waals surface area contributed by atoms with Gasteiger partial charge in [0.25, 0.3) is 0 Å². The molecule has 3 aromatic carbocycles. The van der Waals surface area contributed by atoms with E-state index in [2.05, 4.69) is 5.32 Å². The Bertz CT molecular complexity index is 1280. The molecule has 0 unspecified atom stereocenters. The maximum absolute atomic E-state index is 13.1. The van der Waals surface area contributed by atoms with Crippen LogP contribution in [-0.4, -0.2) is 22.8 Å². The second-order valence-electron chi connectivity index (χ2n) is 7.90. The van der Waals surface area contributed by atoms with Gasteiger partial charge in [-0.05, 0) is 80.4 Å². The summed E-state index contributed by atoms with van der Waals surface area (Å²) >= 11 is 0. The molecule has 0 aliphatic carbocycles. The van der Waals surface area contributed by atoms with Crippen LogP contribution in [0, 0.1) is 19.7 Å². The van der Waals surface area contributed by atoms with Crippen LogP contribution in [0.4, 0.5) is 10.1 Å². The summed E-state index contributed by atoms with van der Waals surface area (Å²) in [5.74, 6) is 1.50. The Morgan fingerprint density at radius 2 is 1.71 bits per heavy atom. The fraction of sp³-hybridized carbons (Fsp3) is 0.185. The molecule has 7 heteroatoms. The Morgan fingerprint density at radius 3 is 2.38 bits per heavy atom. The van der Waals surface area contributed by atoms with Gasteiger partial charge in [-0.1, -0.05) is 18.2 Å². The molecule has 0 fully saturated rings. The number of hydrogen-bond donors (Lipinski definition) is 1. The maximum Gasteiger partial charge on any atom is 0.226 e. The van der Waals surface area contributed by atoms with E-state index in [0.29, 0.717) is 23.7 Å². The van der Waals surface area contributed by atoms with Crippen LogP contribution in [0.15, 0.2) is 72.8 Å². The van der Waals surface area contributed by atoms with E-state index in [0.717, 1.165) is 28.3 Å². The molecule has 34 heavy (non-hydrogen) atoms. The van der Waals surface area contributed by atoms with E-state index in [1.54, 1.807) is 11.8 Å². The lowest BCUT2D eigenvalue weighted by Gasteiger charge is -2.13. The largest absolute Gasteiger partial charge is 0.497 e. The van der Waals surface area contributed by atoms with Gasteiger partial charge in [-0.2, -0.15) is 5.10 Å². The van der Waals surface area contributed by atoms with Crippen molar-refractivity contribution in [3.63, 3.8) is 0 Å². The summed E-state index contributed by atoms with van der Waals surface area (Å²) in [6.07, 6.45) is 0.646. The average molecular weight is 460 g/mol. The van der Waals surface area contributed by atoms with E-state index >= 15 is 0 Å². The first kappa shape index (κ1) is 23.0. The fourth-order valence-corrected chi connectivity index (χ4v) is 3.60. The minimum atomic E-state index is -0.349. The number of carbonyl (C=O) groups is 1. The third-order valence-electron chi connectivity index (χ3n) is 5.48. The van der Waals surface area contributed by atoms with Crippen molar-refractivity contribution in [1.82, 2.24) is 9.78 Å². The van der Waals surface area contributed by atoms with Gasteiger partial charge >= 0.3 is 0 Å². The molecule has 0 atom stereocenters. The minimum absolute atomic E-state index is 0.176. The molecule has 6 nitrogen and oxygen atoms in total. The first-order valence-corrected chi connectivity index (χ1v) is 11.0. The number of methoxy groups -OCH3 is 1. The Kier molecular flexibility index (Phi) is 6.92. The molecule has 1 amide bonds. The smallest absolute Gasteiger partial charge is 0.226 e. The van der Waals surface area contributed by atoms with E-state index in [4.69, 9.17) is 14.6 Å². The topological polar surface area (TPSA) is 65.4 Å². The molecule has 4 rings (SSSR count). The van der Waals surface area contributed by atoms with Crippen LogP contribution in [0.5, 0.6) is 17.4 Å². The van der Waals surface area contributed by atoms with Gasteiger partial charge in [-0.15, -0.1) is 0 Å². The third kappa shape index (κ3) is 5.26. The van der Waals surface area contributed by atoms with Gasteiger partial charge in [0.05, 0.1) is 18.5 Å². The van der Waals surface area contributed by atoms with Gasteiger partial charge in [0.2, 0.25) is 11.8 Å². The van der Waals surface area contributed by atoms with Crippen LogP contribution in [0.25, 0.3) is 5.69 Å².